The maximum atomic E-state index is 11.7. The monoisotopic (exact) mass is 341 g/mol. The Balaban J connectivity index is 2.67. The number of halogens is 1. The lowest BCUT2D eigenvalue weighted by Crippen LogP contribution is -2.32. The first kappa shape index (κ1) is 15.9. The molecule has 0 radical (unpaired) electrons. The molecule has 106 valence electrons. The molecule has 0 unspecified atom stereocenters. The Bertz CT molecular complexity index is 556. The summed E-state index contributed by atoms with van der Waals surface area (Å²) in [5, 5.41) is 19.2. The topological polar surface area (TPSA) is 96.5 Å². The summed E-state index contributed by atoms with van der Waals surface area (Å²) >= 11 is 3.08. The molecular weight excluding hydrogens is 330 g/mol. The highest BCUT2D eigenvalue weighted by molar-refractivity contribution is 9.10. The summed E-state index contributed by atoms with van der Waals surface area (Å²) in [5.74, 6) is -0.0834. The molecule has 0 aliphatic carbocycles. The van der Waals surface area contributed by atoms with Crippen molar-refractivity contribution in [2.24, 2.45) is 0 Å². The predicted octanol–water partition coefficient (Wildman–Crippen LogP) is 2.11. The molecule has 1 rings (SSSR count). The highest BCUT2D eigenvalue weighted by Gasteiger charge is 2.17. The standard InChI is InChI=1S/C12H12BrN3O4/c1-15(7-3-6-14)11(17)8-20-10-5-2-4-9(12(10)13)16(18)19/h2,4-5H,3,7-8H2,1H3. The number of benzene rings is 1. The lowest BCUT2D eigenvalue weighted by atomic mass is 10.3. The van der Waals surface area contributed by atoms with Gasteiger partial charge in [-0.2, -0.15) is 5.26 Å². The Kier molecular flexibility index (Phi) is 5.93. The first-order chi connectivity index (χ1) is 9.47. The van der Waals surface area contributed by atoms with Gasteiger partial charge in [-0.05, 0) is 22.0 Å². The summed E-state index contributed by atoms with van der Waals surface area (Å²) in [4.78, 5) is 23.3. The van der Waals surface area contributed by atoms with E-state index in [0.717, 1.165) is 0 Å². The smallest absolute Gasteiger partial charge is 0.287 e. The van der Waals surface area contributed by atoms with Crippen molar-refractivity contribution >= 4 is 27.5 Å². The number of likely N-dealkylation sites (N-methyl/N-ethyl adjacent to an activating group) is 1. The molecule has 8 heteroatoms. The van der Waals surface area contributed by atoms with Gasteiger partial charge in [0.05, 0.1) is 17.4 Å². The van der Waals surface area contributed by atoms with Crippen molar-refractivity contribution < 1.29 is 14.5 Å². The molecule has 20 heavy (non-hydrogen) atoms. The number of nitro groups is 1. The van der Waals surface area contributed by atoms with Crippen LogP contribution >= 0.6 is 15.9 Å². The van der Waals surface area contributed by atoms with Gasteiger partial charge in [0, 0.05) is 19.7 Å². The summed E-state index contributed by atoms with van der Waals surface area (Å²) < 4.78 is 5.46. The average Bonchev–Trinajstić information content (AvgIpc) is 2.42. The maximum Gasteiger partial charge on any atom is 0.287 e. The van der Waals surface area contributed by atoms with Crippen LogP contribution in [0.2, 0.25) is 0 Å². The van der Waals surface area contributed by atoms with E-state index >= 15 is 0 Å². The molecule has 0 aromatic heterocycles. The van der Waals surface area contributed by atoms with Gasteiger partial charge in [-0.25, -0.2) is 0 Å². The van der Waals surface area contributed by atoms with Crippen LogP contribution in [-0.2, 0) is 4.79 Å². The number of ether oxygens (including phenoxy) is 1. The molecule has 0 bridgehead atoms. The number of carbonyl (C=O) groups excluding carboxylic acids is 1. The molecule has 0 fully saturated rings. The van der Waals surface area contributed by atoms with Crippen LogP contribution in [-0.4, -0.2) is 35.9 Å². The Morgan fingerprint density at radius 3 is 2.90 bits per heavy atom. The van der Waals surface area contributed by atoms with Gasteiger partial charge in [0.1, 0.15) is 10.2 Å². The molecular formula is C12H12BrN3O4. The third-order valence-corrected chi connectivity index (χ3v) is 3.27. The lowest BCUT2D eigenvalue weighted by molar-refractivity contribution is -0.385. The van der Waals surface area contributed by atoms with E-state index in [-0.39, 0.29) is 34.8 Å². The van der Waals surface area contributed by atoms with Crippen molar-refractivity contribution in [3.8, 4) is 11.8 Å². The highest BCUT2D eigenvalue weighted by Crippen LogP contribution is 2.33. The van der Waals surface area contributed by atoms with E-state index in [1.165, 1.54) is 23.1 Å². The SMILES string of the molecule is CN(CCC#N)C(=O)COc1cccc([N+](=O)[O-])c1Br. The summed E-state index contributed by atoms with van der Waals surface area (Å²) in [6.45, 7) is 0.0660. The fraction of sp³-hybridized carbons (Fsp3) is 0.333. The van der Waals surface area contributed by atoms with Gasteiger partial charge in [-0.15, -0.1) is 0 Å². The minimum absolute atomic E-state index is 0.132. The summed E-state index contributed by atoms with van der Waals surface area (Å²) in [6, 6.07) is 6.27. The van der Waals surface area contributed by atoms with Gasteiger partial charge in [-0.1, -0.05) is 6.07 Å². The van der Waals surface area contributed by atoms with Crippen LogP contribution in [0.5, 0.6) is 5.75 Å². The number of nitrogens with zero attached hydrogens (tertiary/aromatic N) is 3. The molecule has 0 heterocycles. The first-order valence-electron chi connectivity index (χ1n) is 5.64. The Hall–Kier alpha value is -2.14. The second-order valence-corrected chi connectivity index (χ2v) is 4.65. The predicted molar refractivity (Wildman–Crippen MR) is 74.2 cm³/mol. The molecule has 0 saturated carbocycles. The van der Waals surface area contributed by atoms with Crippen molar-refractivity contribution in [3.63, 3.8) is 0 Å². The van der Waals surface area contributed by atoms with Gasteiger partial charge < -0.3 is 9.64 Å². The molecule has 0 spiro atoms. The molecule has 0 N–H and O–H groups in total. The number of carbonyl (C=O) groups is 1. The third-order valence-electron chi connectivity index (χ3n) is 2.48. The number of amides is 1. The molecule has 0 aliphatic heterocycles. The Morgan fingerprint density at radius 1 is 1.60 bits per heavy atom. The largest absolute Gasteiger partial charge is 0.482 e. The molecule has 0 atom stereocenters. The summed E-state index contributed by atoms with van der Waals surface area (Å²) in [7, 11) is 1.56. The third kappa shape index (κ3) is 4.20. The fourth-order valence-corrected chi connectivity index (χ4v) is 1.87. The number of nitro benzene ring substituents is 1. The van der Waals surface area contributed by atoms with Crippen LogP contribution in [0.3, 0.4) is 0 Å². The summed E-state index contributed by atoms with van der Waals surface area (Å²) in [6.07, 6.45) is 0.239. The van der Waals surface area contributed by atoms with Crippen molar-refractivity contribution in [2.45, 2.75) is 6.42 Å². The molecule has 1 aromatic rings. The van der Waals surface area contributed by atoms with Crippen molar-refractivity contribution in [3.05, 3.63) is 32.8 Å². The van der Waals surface area contributed by atoms with E-state index in [2.05, 4.69) is 15.9 Å². The van der Waals surface area contributed by atoms with Crippen molar-refractivity contribution in [2.75, 3.05) is 20.2 Å². The number of rotatable bonds is 6. The lowest BCUT2D eigenvalue weighted by Gasteiger charge is -2.16. The van der Waals surface area contributed by atoms with E-state index in [9.17, 15) is 14.9 Å². The zero-order valence-corrected chi connectivity index (χ0v) is 12.3. The normalized spacial score (nSPS) is 9.65. The van der Waals surface area contributed by atoms with E-state index in [4.69, 9.17) is 10.00 Å². The van der Waals surface area contributed by atoms with Crippen molar-refractivity contribution in [1.29, 1.82) is 5.26 Å². The minimum Gasteiger partial charge on any atom is -0.482 e. The van der Waals surface area contributed by atoms with E-state index < -0.39 is 4.92 Å². The van der Waals surface area contributed by atoms with Crippen molar-refractivity contribution in [1.82, 2.24) is 4.90 Å². The van der Waals surface area contributed by atoms with Gasteiger partial charge >= 0.3 is 0 Å². The fourth-order valence-electron chi connectivity index (χ4n) is 1.34. The number of nitriles is 1. The Morgan fingerprint density at radius 2 is 2.30 bits per heavy atom. The van der Waals surface area contributed by atoms with Gasteiger partial charge in [0.2, 0.25) is 0 Å². The molecule has 7 nitrogen and oxygen atoms in total. The molecule has 1 amide bonds. The van der Waals surface area contributed by atoms with Crippen LogP contribution < -0.4 is 4.74 Å². The number of hydrogen-bond donors (Lipinski definition) is 0. The maximum absolute atomic E-state index is 11.7. The van der Waals surface area contributed by atoms with E-state index in [1.807, 2.05) is 6.07 Å². The van der Waals surface area contributed by atoms with E-state index in [0.29, 0.717) is 6.54 Å². The van der Waals surface area contributed by atoms with Crippen LogP contribution in [0.1, 0.15) is 6.42 Å². The quantitative estimate of drug-likeness (QED) is 0.583. The van der Waals surface area contributed by atoms with Crippen LogP contribution in [0, 0.1) is 21.4 Å². The average molecular weight is 342 g/mol. The molecule has 1 aromatic carbocycles. The second-order valence-electron chi connectivity index (χ2n) is 3.86. The number of hydrogen-bond acceptors (Lipinski definition) is 5. The van der Waals surface area contributed by atoms with E-state index in [1.54, 1.807) is 7.05 Å². The molecule has 0 aliphatic rings. The minimum atomic E-state index is -0.544. The zero-order valence-electron chi connectivity index (χ0n) is 10.7. The molecule has 0 saturated heterocycles. The van der Waals surface area contributed by atoms with Gasteiger partial charge in [0.25, 0.3) is 11.6 Å². The Labute approximate surface area is 124 Å². The van der Waals surface area contributed by atoms with Gasteiger partial charge in [0.15, 0.2) is 6.61 Å². The second kappa shape index (κ2) is 7.45. The highest BCUT2D eigenvalue weighted by atomic mass is 79.9. The van der Waals surface area contributed by atoms with Crippen LogP contribution in [0.15, 0.2) is 22.7 Å². The van der Waals surface area contributed by atoms with Crippen LogP contribution in [0.4, 0.5) is 5.69 Å². The zero-order chi connectivity index (χ0) is 15.1. The van der Waals surface area contributed by atoms with Crippen LogP contribution in [0.25, 0.3) is 0 Å². The first-order valence-corrected chi connectivity index (χ1v) is 6.43. The summed E-state index contributed by atoms with van der Waals surface area (Å²) in [5.41, 5.74) is -0.132. The van der Waals surface area contributed by atoms with Gasteiger partial charge in [-0.3, -0.25) is 14.9 Å².